The summed E-state index contributed by atoms with van der Waals surface area (Å²) >= 11 is 5.48. The molecule has 0 saturated heterocycles. The highest BCUT2D eigenvalue weighted by molar-refractivity contribution is 6.17. The van der Waals surface area contributed by atoms with E-state index in [1.54, 1.807) is 0 Å². The summed E-state index contributed by atoms with van der Waals surface area (Å²) < 4.78 is 5.23. The summed E-state index contributed by atoms with van der Waals surface area (Å²) in [7, 11) is 0. The fourth-order valence-corrected chi connectivity index (χ4v) is 1.83. The number of carbonyl (C=O) groups is 1. The molecule has 0 fully saturated rings. The predicted octanol–water partition coefficient (Wildman–Crippen LogP) is 2.61. The fraction of sp³-hybridized carbons (Fsp3) is 0.533. The van der Waals surface area contributed by atoms with Crippen LogP contribution in [0.1, 0.15) is 23.1 Å². The second-order valence-corrected chi connectivity index (χ2v) is 4.98. The van der Waals surface area contributed by atoms with Crippen molar-refractivity contribution in [2.75, 3.05) is 25.6 Å². The van der Waals surface area contributed by atoms with Gasteiger partial charge in [-0.2, -0.15) is 0 Å². The quantitative estimate of drug-likeness (QED) is 0.588. The van der Waals surface area contributed by atoms with Gasteiger partial charge in [-0.3, -0.25) is 4.79 Å². The van der Waals surface area contributed by atoms with Crippen LogP contribution < -0.4 is 5.32 Å². The van der Waals surface area contributed by atoms with E-state index in [-0.39, 0.29) is 5.91 Å². The molecule has 106 valence electrons. The van der Waals surface area contributed by atoms with Gasteiger partial charge in [0.15, 0.2) is 0 Å². The summed E-state index contributed by atoms with van der Waals surface area (Å²) in [5.41, 5.74) is 3.53. The summed E-state index contributed by atoms with van der Waals surface area (Å²) in [5, 5.41) is 2.89. The van der Waals surface area contributed by atoms with Crippen molar-refractivity contribution in [1.29, 1.82) is 0 Å². The van der Waals surface area contributed by atoms with Crippen LogP contribution in [-0.2, 0) is 16.0 Å². The zero-order valence-corrected chi connectivity index (χ0v) is 12.4. The van der Waals surface area contributed by atoms with Crippen LogP contribution in [-0.4, -0.2) is 31.5 Å². The van der Waals surface area contributed by atoms with E-state index in [4.69, 9.17) is 16.3 Å². The first kappa shape index (κ1) is 16.0. The van der Waals surface area contributed by atoms with Crippen LogP contribution in [0.3, 0.4) is 0 Å². The topological polar surface area (TPSA) is 38.3 Å². The monoisotopic (exact) mass is 283 g/mol. The molecule has 0 aliphatic heterocycles. The molecule has 0 saturated carbocycles. The summed E-state index contributed by atoms with van der Waals surface area (Å²) in [6, 6.07) is 6.13. The SMILES string of the molecule is Cc1ccc(CC(=O)NCCCOCCCl)cc1C. The Labute approximate surface area is 120 Å². The normalized spacial score (nSPS) is 10.5. The van der Waals surface area contributed by atoms with Gasteiger partial charge in [-0.15, -0.1) is 11.6 Å². The average Bonchev–Trinajstić information content (AvgIpc) is 2.38. The highest BCUT2D eigenvalue weighted by Gasteiger charge is 2.03. The minimum Gasteiger partial charge on any atom is -0.380 e. The maximum absolute atomic E-state index is 11.7. The van der Waals surface area contributed by atoms with E-state index in [0.29, 0.717) is 32.1 Å². The molecule has 0 spiro atoms. The van der Waals surface area contributed by atoms with Gasteiger partial charge in [0.2, 0.25) is 5.91 Å². The van der Waals surface area contributed by atoms with E-state index in [1.165, 1.54) is 11.1 Å². The van der Waals surface area contributed by atoms with Crippen molar-refractivity contribution in [1.82, 2.24) is 5.32 Å². The molecule has 0 unspecified atom stereocenters. The first-order valence-corrected chi connectivity index (χ1v) is 7.13. The van der Waals surface area contributed by atoms with Crippen molar-refractivity contribution < 1.29 is 9.53 Å². The van der Waals surface area contributed by atoms with Crippen molar-refractivity contribution in [3.63, 3.8) is 0 Å². The van der Waals surface area contributed by atoms with Gasteiger partial charge in [-0.05, 0) is 37.0 Å². The second-order valence-electron chi connectivity index (χ2n) is 4.60. The van der Waals surface area contributed by atoms with Gasteiger partial charge >= 0.3 is 0 Å². The van der Waals surface area contributed by atoms with Crippen LogP contribution in [0.5, 0.6) is 0 Å². The van der Waals surface area contributed by atoms with Crippen molar-refractivity contribution in [3.05, 3.63) is 34.9 Å². The van der Waals surface area contributed by atoms with Crippen LogP contribution in [0.4, 0.5) is 0 Å². The molecule has 0 aromatic heterocycles. The standard InChI is InChI=1S/C15H22ClNO2/c1-12-4-5-14(10-13(12)2)11-15(18)17-7-3-8-19-9-6-16/h4-5,10H,3,6-9,11H2,1-2H3,(H,17,18). The molecule has 0 bridgehead atoms. The second kappa shape index (κ2) is 8.94. The van der Waals surface area contributed by atoms with E-state index in [1.807, 2.05) is 6.07 Å². The molecule has 1 aromatic rings. The first-order valence-electron chi connectivity index (χ1n) is 6.60. The van der Waals surface area contributed by atoms with Crippen molar-refractivity contribution in [2.45, 2.75) is 26.7 Å². The Morgan fingerprint density at radius 3 is 2.74 bits per heavy atom. The third-order valence-corrected chi connectivity index (χ3v) is 3.10. The van der Waals surface area contributed by atoms with Crippen molar-refractivity contribution in [2.24, 2.45) is 0 Å². The molecule has 1 N–H and O–H groups in total. The number of benzene rings is 1. The maximum atomic E-state index is 11.7. The number of alkyl halides is 1. The smallest absolute Gasteiger partial charge is 0.224 e. The summed E-state index contributed by atoms with van der Waals surface area (Å²) in [6.45, 7) is 5.98. The number of carbonyl (C=O) groups excluding carboxylic acids is 1. The zero-order valence-electron chi connectivity index (χ0n) is 11.7. The molecule has 19 heavy (non-hydrogen) atoms. The number of aryl methyl sites for hydroxylation is 2. The van der Waals surface area contributed by atoms with Gasteiger partial charge in [-0.25, -0.2) is 0 Å². The molecule has 1 amide bonds. The first-order chi connectivity index (χ1) is 9.13. The lowest BCUT2D eigenvalue weighted by atomic mass is 10.0. The van der Waals surface area contributed by atoms with E-state index in [9.17, 15) is 4.79 Å². The van der Waals surface area contributed by atoms with E-state index >= 15 is 0 Å². The third-order valence-electron chi connectivity index (χ3n) is 2.95. The van der Waals surface area contributed by atoms with Gasteiger partial charge in [0.05, 0.1) is 13.0 Å². The van der Waals surface area contributed by atoms with Crippen LogP contribution in [0.2, 0.25) is 0 Å². The molecule has 1 aromatic carbocycles. The Balaban J connectivity index is 2.21. The number of halogens is 1. The highest BCUT2D eigenvalue weighted by Crippen LogP contribution is 2.10. The Kier molecular flexibility index (Phi) is 7.53. The fourth-order valence-electron chi connectivity index (χ4n) is 1.72. The Bertz CT molecular complexity index is 407. The number of hydrogen-bond donors (Lipinski definition) is 1. The minimum absolute atomic E-state index is 0.0561. The van der Waals surface area contributed by atoms with E-state index in [2.05, 4.69) is 31.3 Å². The maximum Gasteiger partial charge on any atom is 0.224 e. The largest absolute Gasteiger partial charge is 0.380 e. The molecule has 0 aliphatic rings. The molecule has 0 radical (unpaired) electrons. The molecule has 0 atom stereocenters. The summed E-state index contributed by atoms with van der Waals surface area (Å²) in [6.07, 6.45) is 1.25. The predicted molar refractivity (Wildman–Crippen MR) is 78.8 cm³/mol. The molecular weight excluding hydrogens is 262 g/mol. The lowest BCUT2D eigenvalue weighted by molar-refractivity contribution is -0.120. The van der Waals surface area contributed by atoms with Crippen LogP contribution in [0, 0.1) is 13.8 Å². The Hall–Kier alpha value is -1.06. The van der Waals surface area contributed by atoms with Crippen LogP contribution >= 0.6 is 11.6 Å². The number of rotatable bonds is 8. The van der Waals surface area contributed by atoms with E-state index in [0.717, 1.165) is 12.0 Å². The van der Waals surface area contributed by atoms with Crippen molar-refractivity contribution >= 4 is 17.5 Å². The number of nitrogens with one attached hydrogen (secondary N) is 1. The van der Waals surface area contributed by atoms with Crippen LogP contribution in [0.25, 0.3) is 0 Å². The molecule has 3 nitrogen and oxygen atoms in total. The molecule has 0 aliphatic carbocycles. The number of hydrogen-bond acceptors (Lipinski definition) is 2. The zero-order chi connectivity index (χ0) is 14.1. The molecule has 4 heteroatoms. The minimum atomic E-state index is 0.0561. The third kappa shape index (κ3) is 6.60. The highest BCUT2D eigenvalue weighted by atomic mass is 35.5. The Morgan fingerprint density at radius 1 is 1.26 bits per heavy atom. The van der Waals surface area contributed by atoms with Gasteiger partial charge in [0.25, 0.3) is 0 Å². The van der Waals surface area contributed by atoms with Gasteiger partial charge < -0.3 is 10.1 Å². The molecule has 0 heterocycles. The summed E-state index contributed by atoms with van der Waals surface area (Å²) in [4.78, 5) is 11.7. The van der Waals surface area contributed by atoms with E-state index < -0.39 is 0 Å². The molecule has 1 rings (SSSR count). The van der Waals surface area contributed by atoms with Crippen molar-refractivity contribution in [3.8, 4) is 0 Å². The molecular formula is C15H22ClNO2. The number of amides is 1. The van der Waals surface area contributed by atoms with Gasteiger partial charge in [0, 0.05) is 19.0 Å². The lowest BCUT2D eigenvalue weighted by Gasteiger charge is -2.07. The number of ether oxygens (including phenoxy) is 1. The van der Waals surface area contributed by atoms with Crippen LogP contribution in [0.15, 0.2) is 18.2 Å². The average molecular weight is 284 g/mol. The lowest BCUT2D eigenvalue weighted by Crippen LogP contribution is -2.26. The summed E-state index contributed by atoms with van der Waals surface area (Å²) in [5.74, 6) is 0.569. The van der Waals surface area contributed by atoms with Gasteiger partial charge in [0.1, 0.15) is 0 Å². The Morgan fingerprint density at radius 2 is 2.05 bits per heavy atom. The van der Waals surface area contributed by atoms with Gasteiger partial charge in [-0.1, -0.05) is 18.2 Å².